The molecule has 3 rings (SSSR count). The van der Waals surface area contributed by atoms with Crippen molar-refractivity contribution in [2.45, 2.75) is 33.1 Å². The Labute approximate surface area is 112 Å². The van der Waals surface area contributed by atoms with Crippen molar-refractivity contribution in [3.05, 3.63) is 41.8 Å². The SMILES string of the molecule is CCC1C(c2cc(-c3cccc(F)c3)on2)C1(C)C. The van der Waals surface area contributed by atoms with Gasteiger partial charge in [0.2, 0.25) is 0 Å². The van der Waals surface area contributed by atoms with Crippen LogP contribution >= 0.6 is 0 Å². The van der Waals surface area contributed by atoms with Gasteiger partial charge < -0.3 is 4.52 Å². The van der Waals surface area contributed by atoms with E-state index in [1.807, 2.05) is 12.1 Å². The lowest BCUT2D eigenvalue weighted by Gasteiger charge is -1.97. The number of rotatable bonds is 3. The van der Waals surface area contributed by atoms with E-state index in [-0.39, 0.29) is 5.82 Å². The van der Waals surface area contributed by atoms with Gasteiger partial charge in [0.1, 0.15) is 5.82 Å². The van der Waals surface area contributed by atoms with Gasteiger partial charge in [0.05, 0.1) is 5.69 Å². The third kappa shape index (κ3) is 1.97. The van der Waals surface area contributed by atoms with E-state index in [9.17, 15) is 4.39 Å². The fourth-order valence-corrected chi connectivity index (χ4v) is 3.31. The lowest BCUT2D eigenvalue weighted by Crippen LogP contribution is -1.89. The highest BCUT2D eigenvalue weighted by atomic mass is 19.1. The topological polar surface area (TPSA) is 26.0 Å². The number of aromatic nitrogens is 1. The summed E-state index contributed by atoms with van der Waals surface area (Å²) in [5, 5.41) is 4.18. The first kappa shape index (κ1) is 12.4. The molecule has 0 radical (unpaired) electrons. The summed E-state index contributed by atoms with van der Waals surface area (Å²) in [6.45, 7) is 6.74. The second-order valence-corrected chi connectivity index (χ2v) is 5.94. The van der Waals surface area contributed by atoms with Crippen LogP contribution in [0.25, 0.3) is 11.3 Å². The number of nitrogens with zero attached hydrogens (tertiary/aromatic N) is 1. The van der Waals surface area contributed by atoms with Gasteiger partial charge in [-0.05, 0) is 23.5 Å². The summed E-state index contributed by atoms with van der Waals surface area (Å²) < 4.78 is 18.6. The number of halogens is 1. The lowest BCUT2D eigenvalue weighted by atomic mass is 10.1. The molecule has 0 N–H and O–H groups in total. The molecule has 2 atom stereocenters. The minimum atomic E-state index is -0.256. The summed E-state index contributed by atoms with van der Waals surface area (Å²) in [5.74, 6) is 1.52. The summed E-state index contributed by atoms with van der Waals surface area (Å²) >= 11 is 0. The normalized spacial score (nSPS) is 24.4. The Kier molecular flexibility index (Phi) is 2.73. The Balaban J connectivity index is 1.89. The highest BCUT2D eigenvalue weighted by molar-refractivity contribution is 5.57. The Hall–Kier alpha value is -1.64. The van der Waals surface area contributed by atoms with Crippen molar-refractivity contribution < 1.29 is 8.91 Å². The molecule has 3 heteroatoms. The van der Waals surface area contributed by atoms with Gasteiger partial charge in [0.15, 0.2) is 5.76 Å². The second-order valence-electron chi connectivity index (χ2n) is 5.94. The van der Waals surface area contributed by atoms with Gasteiger partial charge in [-0.25, -0.2) is 4.39 Å². The van der Waals surface area contributed by atoms with E-state index in [0.717, 1.165) is 17.7 Å². The Morgan fingerprint density at radius 3 is 2.74 bits per heavy atom. The lowest BCUT2D eigenvalue weighted by molar-refractivity contribution is 0.419. The molecule has 1 aromatic heterocycles. The van der Waals surface area contributed by atoms with Gasteiger partial charge in [-0.15, -0.1) is 0 Å². The maximum absolute atomic E-state index is 13.2. The molecule has 19 heavy (non-hydrogen) atoms. The number of hydrogen-bond donors (Lipinski definition) is 0. The van der Waals surface area contributed by atoms with Crippen LogP contribution in [0.15, 0.2) is 34.9 Å². The van der Waals surface area contributed by atoms with Gasteiger partial charge in [0, 0.05) is 17.5 Å². The van der Waals surface area contributed by atoms with Crippen molar-refractivity contribution in [2.24, 2.45) is 11.3 Å². The third-order valence-electron chi connectivity index (χ3n) is 4.45. The molecule has 1 aliphatic rings. The predicted molar refractivity (Wildman–Crippen MR) is 72.2 cm³/mol. The zero-order valence-electron chi connectivity index (χ0n) is 11.5. The van der Waals surface area contributed by atoms with E-state index in [1.165, 1.54) is 12.1 Å². The smallest absolute Gasteiger partial charge is 0.167 e. The standard InChI is InChI=1S/C16H18FNO/c1-4-12-15(16(12,2)3)13-9-14(19-18-13)10-6-5-7-11(17)8-10/h5-9,12,15H,4H2,1-3H3. The molecular formula is C16H18FNO. The number of benzene rings is 1. The molecule has 2 unspecified atom stereocenters. The van der Waals surface area contributed by atoms with Crippen LogP contribution in [0.3, 0.4) is 0 Å². The van der Waals surface area contributed by atoms with Crippen molar-refractivity contribution in [1.82, 2.24) is 5.16 Å². The monoisotopic (exact) mass is 259 g/mol. The minimum absolute atomic E-state index is 0.256. The third-order valence-corrected chi connectivity index (χ3v) is 4.45. The largest absolute Gasteiger partial charge is 0.356 e. The molecule has 1 heterocycles. The van der Waals surface area contributed by atoms with Gasteiger partial charge in [0.25, 0.3) is 0 Å². The average Bonchev–Trinajstić information content (AvgIpc) is 2.76. The van der Waals surface area contributed by atoms with Crippen LogP contribution < -0.4 is 0 Å². The van der Waals surface area contributed by atoms with E-state index < -0.39 is 0 Å². The van der Waals surface area contributed by atoms with Gasteiger partial charge in [-0.2, -0.15) is 0 Å². The van der Waals surface area contributed by atoms with Crippen molar-refractivity contribution in [1.29, 1.82) is 0 Å². The molecule has 100 valence electrons. The van der Waals surface area contributed by atoms with Gasteiger partial charge >= 0.3 is 0 Å². The van der Waals surface area contributed by atoms with Crippen molar-refractivity contribution in [2.75, 3.05) is 0 Å². The predicted octanol–water partition coefficient (Wildman–Crippen LogP) is 4.63. The molecule has 2 nitrogen and oxygen atoms in total. The van der Waals surface area contributed by atoms with Crippen molar-refractivity contribution in [3.8, 4) is 11.3 Å². The van der Waals surface area contributed by atoms with E-state index in [2.05, 4.69) is 25.9 Å². The van der Waals surface area contributed by atoms with Gasteiger partial charge in [-0.3, -0.25) is 0 Å². The maximum atomic E-state index is 13.2. The summed E-state index contributed by atoms with van der Waals surface area (Å²) in [5.41, 5.74) is 2.03. The molecule has 1 aliphatic carbocycles. The highest BCUT2D eigenvalue weighted by Gasteiger charge is 2.58. The molecule has 0 amide bonds. The molecule has 2 aromatic rings. The summed E-state index contributed by atoms with van der Waals surface area (Å²) in [7, 11) is 0. The summed E-state index contributed by atoms with van der Waals surface area (Å²) in [4.78, 5) is 0. The maximum Gasteiger partial charge on any atom is 0.167 e. The van der Waals surface area contributed by atoms with E-state index in [4.69, 9.17) is 4.52 Å². The van der Waals surface area contributed by atoms with Crippen LogP contribution in [0.2, 0.25) is 0 Å². The first-order chi connectivity index (χ1) is 9.04. The zero-order chi connectivity index (χ0) is 13.6. The van der Waals surface area contributed by atoms with Crippen molar-refractivity contribution >= 4 is 0 Å². The average molecular weight is 259 g/mol. The minimum Gasteiger partial charge on any atom is -0.356 e. The molecule has 1 fully saturated rings. The van der Waals surface area contributed by atoms with Crippen LogP contribution in [0, 0.1) is 17.2 Å². The summed E-state index contributed by atoms with van der Waals surface area (Å²) in [6.07, 6.45) is 1.15. The summed E-state index contributed by atoms with van der Waals surface area (Å²) in [6, 6.07) is 8.37. The molecular weight excluding hydrogens is 241 g/mol. The van der Waals surface area contributed by atoms with Crippen LogP contribution in [-0.2, 0) is 0 Å². The molecule has 0 saturated heterocycles. The Morgan fingerprint density at radius 1 is 1.32 bits per heavy atom. The van der Waals surface area contributed by atoms with E-state index >= 15 is 0 Å². The molecule has 0 aliphatic heterocycles. The van der Waals surface area contributed by atoms with E-state index in [1.54, 1.807) is 6.07 Å². The number of hydrogen-bond acceptors (Lipinski definition) is 2. The van der Waals surface area contributed by atoms with Crippen LogP contribution in [0.5, 0.6) is 0 Å². The van der Waals surface area contributed by atoms with Crippen LogP contribution in [-0.4, -0.2) is 5.16 Å². The van der Waals surface area contributed by atoms with Crippen molar-refractivity contribution in [3.63, 3.8) is 0 Å². The molecule has 0 bridgehead atoms. The van der Waals surface area contributed by atoms with Crippen LogP contribution in [0.4, 0.5) is 4.39 Å². The fourth-order valence-electron chi connectivity index (χ4n) is 3.31. The van der Waals surface area contributed by atoms with Crippen LogP contribution in [0.1, 0.15) is 38.8 Å². The Bertz CT molecular complexity index is 602. The molecule has 0 spiro atoms. The fraction of sp³-hybridized carbons (Fsp3) is 0.438. The van der Waals surface area contributed by atoms with E-state index in [0.29, 0.717) is 23.0 Å². The second kappa shape index (κ2) is 4.19. The highest BCUT2D eigenvalue weighted by Crippen LogP contribution is 2.65. The first-order valence-electron chi connectivity index (χ1n) is 6.76. The first-order valence-corrected chi connectivity index (χ1v) is 6.76. The van der Waals surface area contributed by atoms with Gasteiger partial charge in [-0.1, -0.05) is 44.5 Å². The quantitative estimate of drug-likeness (QED) is 0.803. The molecule has 1 aromatic carbocycles. The molecule has 1 saturated carbocycles. The zero-order valence-corrected chi connectivity index (χ0v) is 11.5. The Morgan fingerprint density at radius 2 is 2.11 bits per heavy atom.